The van der Waals surface area contributed by atoms with E-state index in [0.29, 0.717) is 35.2 Å². The molecule has 1 fully saturated rings. The molecule has 232 valence electrons. The quantitative estimate of drug-likeness (QED) is 0.266. The van der Waals surface area contributed by atoms with Crippen LogP contribution in [0.3, 0.4) is 0 Å². The summed E-state index contributed by atoms with van der Waals surface area (Å²) in [6.07, 6.45) is 8.24. The van der Waals surface area contributed by atoms with Gasteiger partial charge in [0.25, 0.3) is 5.91 Å². The summed E-state index contributed by atoms with van der Waals surface area (Å²) in [6, 6.07) is 14.1. The molecule has 2 aliphatic rings. The first kappa shape index (κ1) is 29.9. The maximum absolute atomic E-state index is 13.5. The molecule has 2 aliphatic heterocycles. The number of ether oxygens (including phenoxy) is 1. The standard InChI is InChI=1S/C32H29N9O5/c1-38(17-21-9-11-22(45-3)12-10-21)25-15-29(35-23-7-6-14-40(28(23)19-43)30-8-4-5-13-33-30)37-41-26(16-34-31(25)41)32(44)36-24-20-46-39(2)27(24)18-42/h4-16,24H,17,20H2,1-3H3,(H,35,37)(H,36,44)/t24-/m0/s1. The van der Waals surface area contributed by atoms with Crippen LogP contribution in [-0.2, 0) is 21.0 Å². The number of imidazole rings is 1. The van der Waals surface area contributed by atoms with E-state index in [4.69, 9.17) is 9.57 Å². The highest BCUT2D eigenvalue weighted by Crippen LogP contribution is 2.29. The van der Waals surface area contributed by atoms with Gasteiger partial charge in [-0.2, -0.15) is 0 Å². The minimum absolute atomic E-state index is 0.0783. The molecule has 5 heterocycles. The topological polar surface area (TPSA) is 147 Å². The number of hydrogen-bond acceptors (Lipinski definition) is 12. The number of carbonyl (C=O) groups excluding carboxylic acids is 3. The molecular formula is C32H29N9O5. The molecule has 4 aromatic rings. The second kappa shape index (κ2) is 12.8. The zero-order chi connectivity index (χ0) is 32.2. The molecule has 46 heavy (non-hydrogen) atoms. The number of fused-ring (bicyclic) bond motifs is 1. The van der Waals surface area contributed by atoms with Crippen LogP contribution in [0.2, 0.25) is 0 Å². The summed E-state index contributed by atoms with van der Waals surface area (Å²) in [4.78, 5) is 55.1. The van der Waals surface area contributed by atoms with E-state index < -0.39 is 11.9 Å². The van der Waals surface area contributed by atoms with Gasteiger partial charge in [-0.05, 0) is 42.0 Å². The van der Waals surface area contributed by atoms with Gasteiger partial charge in [0.1, 0.15) is 35.9 Å². The number of pyridine rings is 1. The Balaban J connectivity index is 1.37. The molecule has 14 nitrogen and oxygen atoms in total. The highest BCUT2D eigenvalue weighted by molar-refractivity contribution is 5.94. The van der Waals surface area contributed by atoms with Crippen LogP contribution in [0.1, 0.15) is 16.1 Å². The number of methoxy groups -OCH3 is 1. The Morgan fingerprint density at radius 2 is 1.98 bits per heavy atom. The van der Waals surface area contributed by atoms with Crippen LogP contribution in [0.25, 0.3) is 5.65 Å². The average molecular weight is 620 g/mol. The molecule has 2 N–H and O–H groups in total. The van der Waals surface area contributed by atoms with E-state index in [1.54, 1.807) is 61.8 Å². The first-order valence-corrected chi connectivity index (χ1v) is 14.2. The number of benzene rings is 1. The van der Waals surface area contributed by atoms with Gasteiger partial charge in [-0.1, -0.05) is 18.2 Å². The maximum Gasteiger partial charge on any atom is 0.272 e. The van der Waals surface area contributed by atoms with Crippen LogP contribution in [0.4, 0.5) is 17.3 Å². The molecule has 0 spiro atoms. The van der Waals surface area contributed by atoms with Crippen molar-refractivity contribution in [2.45, 2.75) is 12.6 Å². The number of hydrogen-bond donors (Lipinski definition) is 2. The number of hydroxylamine groups is 2. The van der Waals surface area contributed by atoms with Gasteiger partial charge in [0.15, 0.2) is 28.8 Å². The van der Waals surface area contributed by atoms with E-state index in [0.717, 1.165) is 11.3 Å². The summed E-state index contributed by atoms with van der Waals surface area (Å²) in [5.41, 5.74) is 2.96. The van der Waals surface area contributed by atoms with E-state index in [2.05, 4.69) is 25.7 Å². The summed E-state index contributed by atoms with van der Waals surface area (Å²) < 4.78 is 6.71. The smallest absolute Gasteiger partial charge is 0.272 e. The van der Waals surface area contributed by atoms with Gasteiger partial charge in [0, 0.05) is 39.1 Å². The van der Waals surface area contributed by atoms with E-state index >= 15 is 0 Å². The molecule has 0 unspecified atom stereocenters. The van der Waals surface area contributed by atoms with Gasteiger partial charge in [0.2, 0.25) is 0 Å². The lowest BCUT2D eigenvalue weighted by Gasteiger charge is -2.25. The normalized spacial score (nSPS) is 15.8. The Bertz CT molecular complexity index is 1940. The number of aromatic nitrogens is 4. The van der Waals surface area contributed by atoms with Crippen LogP contribution >= 0.6 is 0 Å². The van der Waals surface area contributed by atoms with Crippen molar-refractivity contribution in [1.29, 1.82) is 0 Å². The third-order valence-corrected chi connectivity index (χ3v) is 7.43. The fourth-order valence-corrected chi connectivity index (χ4v) is 5.11. The fraction of sp³-hybridized carbons (Fsp3) is 0.188. The van der Waals surface area contributed by atoms with E-state index in [1.807, 2.05) is 54.2 Å². The number of nitrogens with one attached hydrogen (secondary N) is 2. The van der Waals surface area contributed by atoms with Crippen molar-refractivity contribution in [2.24, 2.45) is 0 Å². The highest BCUT2D eigenvalue weighted by Gasteiger charge is 2.31. The number of nitrogens with zero attached hydrogens (tertiary/aromatic N) is 7. The molecule has 14 heteroatoms. The van der Waals surface area contributed by atoms with Crippen LogP contribution in [0.5, 0.6) is 5.75 Å². The van der Waals surface area contributed by atoms with Crippen LogP contribution in [0.15, 0.2) is 96.4 Å². The van der Waals surface area contributed by atoms with Crippen LogP contribution in [-0.4, -0.2) is 76.3 Å². The lowest BCUT2D eigenvalue weighted by atomic mass is 10.2. The Hall–Kier alpha value is -6.20. The summed E-state index contributed by atoms with van der Waals surface area (Å²) in [6.45, 7) is 0.573. The molecule has 0 radical (unpaired) electrons. The third-order valence-electron chi connectivity index (χ3n) is 7.43. The second-order valence-electron chi connectivity index (χ2n) is 10.4. The first-order valence-electron chi connectivity index (χ1n) is 14.2. The van der Waals surface area contributed by atoms with Crippen molar-refractivity contribution < 1.29 is 24.0 Å². The summed E-state index contributed by atoms with van der Waals surface area (Å²) in [5, 5.41) is 12.0. The third kappa shape index (κ3) is 5.82. The molecule has 1 amide bonds. The van der Waals surface area contributed by atoms with Gasteiger partial charge < -0.3 is 20.3 Å². The van der Waals surface area contributed by atoms with E-state index in [-0.39, 0.29) is 23.7 Å². The zero-order valence-electron chi connectivity index (χ0n) is 25.2. The van der Waals surface area contributed by atoms with Crippen molar-refractivity contribution in [1.82, 2.24) is 30.0 Å². The first-order chi connectivity index (χ1) is 22.4. The van der Waals surface area contributed by atoms with Crippen molar-refractivity contribution >= 4 is 40.8 Å². The van der Waals surface area contributed by atoms with Crippen LogP contribution < -0.4 is 25.2 Å². The predicted molar refractivity (Wildman–Crippen MR) is 169 cm³/mol. The summed E-state index contributed by atoms with van der Waals surface area (Å²) in [5.74, 6) is 4.91. The molecule has 1 aromatic carbocycles. The molecule has 6 rings (SSSR count). The highest BCUT2D eigenvalue weighted by atomic mass is 16.7. The Morgan fingerprint density at radius 1 is 1.15 bits per heavy atom. The molecule has 0 saturated carbocycles. The lowest BCUT2D eigenvalue weighted by molar-refractivity contribution is -0.0687. The van der Waals surface area contributed by atoms with Gasteiger partial charge in [-0.3, -0.25) is 14.5 Å². The second-order valence-corrected chi connectivity index (χ2v) is 10.4. The Labute approximate surface area is 263 Å². The molecule has 0 bridgehead atoms. The van der Waals surface area contributed by atoms with Crippen LogP contribution in [0, 0.1) is 0 Å². The number of anilines is 3. The lowest BCUT2D eigenvalue weighted by Crippen LogP contribution is -2.38. The SMILES string of the molecule is COc1ccc(CN(C)c2cc(NC3=CC=CN(c4ccccn4)C3=C=O)nn3c(C(=O)N[C@H]4CON(C)C4=C=O)cnc23)cc1. The van der Waals surface area contributed by atoms with Crippen molar-refractivity contribution in [3.05, 3.63) is 108 Å². The zero-order valence-corrected chi connectivity index (χ0v) is 25.2. The van der Waals surface area contributed by atoms with Gasteiger partial charge in [0.05, 0.1) is 24.7 Å². The van der Waals surface area contributed by atoms with Crippen molar-refractivity contribution in [3.63, 3.8) is 0 Å². The molecular weight excluding hydrogens is 590 g/mol. The monoisotopic (exact) mass is 619 g/mol. The number of likely N-dealkylation sites (N-methyl/N-ethyl adjacent to an activating group) is 1. The minimum atomic E-state index is -0.698. The van der Waals surface area contributed by atoms with E-state index in [9.17, 15) is 14.4 Å². The van der Waals surface area contributed by atoms with Gasteiger partial charge >= 0.3 is 0 Å². The van der Waals surface area contributed by atoms with Gasteiger partial charge in [-0.15, -0.1) is 5.10 Å². The summed E-state index contributed by atoms with van der Waals surface area (Å²) >= 11 is 0. The molecule has 3 aromatic heterocycles. The van der Waals surface area contributed by atoms with Crippen molar-refractivity contribution in [3.8, 4) is 5.75 Å². The number of carbonyl (C=O) groups is 1. The maximum atomic E-state index is 13.5. The molecule has 1 saturated heterocycles. The summed E-state index contributed by atoms with van der Waals surface area (Å²) in [7, 11) is 5.08. The fourth-order valence-electron chi connectivity index (χ4n) is 5.11. The van der Waals surface area contributed by atoms with Gasteiger partial charge in [-0.25, -0.2) is 29.1 Å². The molecule has 0 aliphatic carbocycles. The Kier molecular flexibility index (Phi) is 8.31. The number of rotatable bonds is 9. The molecule has 1 atom stereocenters. The Morgan fingerprint density at radius 3 is 2.70 bits per heavy atom. The predicted octanol–water partition coefficient (Wildman–Crippen LogP) is 2.51. The minimum Gasteiger partial charge on any atom is -0.497 e. The number of amides is 1. The van der Waals surface area contributed by atoms with E-state index in [1.165, 1.54) is 15.8 Å². The average Bonchev–Trinajstić information content (AvgIpc) is 3.67. The number of allylic oxidation sites excluding steroid dienone is 2. The largest absolute Gasteiger partial charge is 0.497 e. The van der Waals surface area contributed by atoms with Crippen molar-refractivity contribution in [2.75, 3.05) is 42.9 Å².